The second-order valence-electron chi connectivity index (χ2n) is 14.6. The number of likely N-dealkylation sites (tertiary alicyclic amines) is 1. The van der Waals surface area contributed by atoms with Crippen molar-refractivity contribution in [3.05, 3.63) is 47.7 Å². The Labute approximate surface area is 298 Å². The molecule has 0 amide bonds. The molecule has 2 aliphatic heterocycles. The van der Waals surface area contributed by atoms with E-state index >= 15 is 4.39 Å². The second-order valence-corrected chi connectivity index (χ2v) is 14.6. The van der Waals surface area contributed by atoms with Crippen LogP contribution in [0.3, 0.4) is 0 Å². The number of nitrogens with zero attached hydrogens (tertiary/aromatic N) is 5. The van der Waals surface area contributed by atoms with Crippen LogP contribution in [0.5, 0.6) is 11.8 Å². The Bertz CT molecular complexity index is 1970. The Balaban J connectivity index is 0.00000200. The van der Waals surface area contributed by atoms with Crippen molar-refractivity contribution < 1.29 is 28.5 Å². The van der Waals surface area contributed by atoms with Gasteiger partial charge >= 0.3 is 6.01 Å². The summed E-state index contributed by atoms with van der Waals surface area (Å²) in [5.41, 5.74) is -0.632. The molecular weight excluding hydrogens is 652 g/mol. The van der Waals surface area contributed by atoms with E-state index in [1.54, 1.807) is 0 Å². The number of pyridine rings is 1. The molecule has 4 aliphatic rings. The summed E-state index contributed by atoms with van der Waals surface area (Å²) in [5, 5.41) is 22.2. The van der Waals surface area contributed by atoms with Crippen LogP contribution in [0, 0.1) is 29.4 Å². The molecule has 0 radical (unpaired) electrons. The number of hydrogen-bond donors (Lipinski definition) is 2. The van der Waals surface area contributed by atoms with Crippen LogP contribution >= 0.6 is 0 Å². The van der Waals surface area contributed by atoms with Gasteiger partial charge in [-0.25, -0.2) is 8.78 Å². The highest BCUT2D eigenvalue weighted by molar-refractivity contribution is 6.03. The predicted molar refractivity (Wildman–Crippen MR) is 194 cm³/mol. The molecule has 2 aliphatic carbocycles. The van der Waals surface area contributed by atoms with E-state index in [0.29, 0.717) is 61.6 Å². The van der Waals surface area contributed by atoms with E-state index < -0.39 is 17.2 Å². The monoisotopic (exact) mass is 699 g/mol. The van der Waals surface area contributed by atoms with Crippen LogP contribution in [0.4, 0.5) is 14.6 Å². The maximum Gasteiger partial charge on any atom is 0.319 e. The summed E-state index contributed by atoms with van der Waals surface area (Å²) in [5.74, 6) is 1.41. The van der Waals surface area contributed by atoms with Crippen molar-refractivity contribution >= 4 is 27.5 Å². The summed E-state index contributed by atoms with van der Waals surface area (Å²) in [4.78, 5) is 18.7. The van der Waals surface area contributed by atoms with Gasteiger partial charge in [0.2, 0.25) is 0 Å². The van der Waals surface area contributed by atoms with Gasteiger partial charge < -0.3 is 24.6 Å². The van der Waals surface area contributed by atoms with Gasteiger partial charge in [-0.15, -0.1) is 6.42 Å². The largest absolute Gasteiger partial charge is 0.508 e. The van der Waals surface area contributed by atoms with Crippen LogP contribution in [0.15, 0.2) is 30.5 Å². The first-order valence-corrected chi connectivity index (χ1v) is 18.4. The molecule has 270 valence electrons. The molecule has 8 rings (SSSR count). The molecule has 2 aromatic carbocycles. The fourth-order valence-electron chi connectivity index (χ4n) is 9.00. The molecule has 0 bridgehead atoms. The minimum Gasteiger partial charge on any atom is -0.508 e. The summed E-state index contributed by atoms with van der Waals surface area (Å²) >= 11 is 0. The number of anilines is 1. The van der Waals surface area contributed by atoms with E-state index in [-0.39, 0.29) is 44.9 Å². The number of aromatic hydroxyl groups is 1. The number of fused-ring (bicyclic) bond motifs is 3. The number of halogens is 2. The van der Waals surface area contributed by atoms with E-state index in [1.165, 1.54) is 30.5 Å². The van der Waals surface area contributed by atoms with Crippen LogP contribution < -0.4 is 9.64 Å². The van der Waals surface area contributed by atoms with E-state index in [9.17, 15) is 14.6 Å². The Morgan fingerprint density at radius 2 is 1.86 bits per heavy atom. The van der Waals surface area contributed by atoms with Crippen LogP contribution in [0.1, 0.15) is 77.7 Å². The fourth-order valence-corrected chi connectivity index (χ4v) is 9.00. The Morgan fingerprint density at radius 1 is 1.06 bits per heavy atom. The number of ether oxygens (including phenoxy) is 2. The van der Waals surface area contributed by atoms with Gasteiger partial charge in [0, 0.05) is 54.3 Å². The summed E-state index contributed by atoms with van der Waals surface area (Å²) < 4.78 is 44.0. The zero-order valence-corrected chi connectivity index (χ0v) is 29.7. The first-order chi connectivity index (χ1) is 24.7. The molecule has 4 fully saturated rings. The number of aliphatic hydroxyl groups is 1. The molecule has 9 nitrogen and oxygen atoms in total. The Morgan fingerprint density at radius 3 is 2.65 bits per heavy atom. The number of rotatable bonds is 6. The van der Waals surface area contributed by atoms with Crippen molar-refractivity contribution in [3.63, 3.8) is 0 Å². The minimum absolute atomic E-state index is 0.0211. The number of hydrogen-bond acceptors (Lipinski definition) is 9. The third-order valence-electron chi connectivity index (χ3n) is 11.3. The standard InChI is InChI=1S/C38H41F2N5O4.C2H6/c1-3-26-29(39)9-8-23-17-25(46)18-27(31(23)26)33-32(40)34-28(21-41-33)35(44-12-6-15-48-16-14-44)43-36(42-34)49-22-38-10-4-7-30(38)45(13-5-11-38)24-19-37(2,47)20-24;1-2/h1,8-9,17-18,21,24,30,46-47H,4-7,10-16,19-20,22H2,2H3;1-2H3. The quantitative estimate of drug-likeness (QED) is 0.206. The number of piperidine rings is 1. The zero-order valence-electron chi connectivity index (χ0n) is 29.7. The molecule has 51 heavy (non-hydrogen) atoms. The van der Waals surface area contributed by atoms with Crippen LogP contribution in [-0.2, 0) is 4.74 Å². The normalized spacial score (nSPS) is 26.5. The van der Waals surface area contributed by atoms with Gasteiger partial charge in [-0.3, -0.25) is 9.88 Å². The lowest BCUT2D eigenvalue weighted by atomic mass is 9.70. The summed E-state index contributed by atoms with van der Waals surface area (Å²) in [6.07, 6.45) is 14.9. The predicted octanol–water partition coefficient (Wildman–Crippen LogP) is 6.99. The van der Waals surface area contributed by atoms with Crippen molar-refractivity contribution in [1.29, 1.82) is 0 Å². The zero-order chi connectivity index (χ0) is 35.9. The number of phenols is 1. The Kier molecular flexibility index (Phi) is 9.78. The third kappa shape index (κ3) is 6.47. The molecule has 4 aromatic rings. The van der Waals surface area contributed by atoms with Crippen molar-refractivity contribution in [3.8, 4) is 35.4 Å². The third-order valence-corrected chi connectivity index (χ3v) is 11.3. The number of aromatic nitrogens is 3. The smallest absolute Gasteiger partial charge is 0.319 e. The van der Waals surface area contributed by atoms with Gasteiger partial charge in [0.1, 0.15) is 28.6 Å². The van der Waals surface area contributed by atoms with E-state index in [1.807, 2.05) is 20.8 Å². The molecule has 0 spiro atoms. The number of phenolic OH excluding ortho intramolecular Hbond substituents is 1. The van der Waals surface area contributed by atoms with Gasteiger partial charge in [-0.1, -0.05) is 32.3 Å². The molecule has 4 heterocycles. The lowest BCUT2D eigenvalue weighted by Gasteiger charge is -2.55. The van der Waals surface area contributed by atoms with Gasteiger partial charge in [0.15, 0.2) is 5.82 Å². The van der Waals surface area contributed by atoms with Crippen LogP contribution in [0.2, 0.25) is 0 Å². The summed E-state index contributed by atoms with van der Waals surface area (Å²) in [6, 6.07) is 6.35. The molecule has 11 heteroatoms. The highest BCUT2D eigenvalue weighted by atomic mass is 19.1. The van der Waals surface area contributed by atoms with Crippen molar-refractivity contribution in [2.24, 2.45) is 5.41 Å². The molecule has 2 atom stereocenters. The van der Waals surface area contributed by atoms with Crippen molar-refractivity contribution in [2.75, 3.05) is 44.4 Å². The highest BCUT2D eigenvalue weighted by Gasteiger charge is 2.53. The first-order valence-electron chi connectivity index (χ1n) is 18.4. The maximum atomic E-state index is 16.9. The molecule has 2 saturated heterocycles. The molecule has 2 unspecified atom stereocenters. The lowest BCUT2D eigenvalue weighted by molar-refractivity contribution is -0.117. The average Bonchev–Trinajstić information content (AvgIpc) is 3.37. The molecule has 2 aromatic heterocycles. The highest BCUT2D eigenvalue weighted by Crippen LogP contribution is 2.51. The van der Waals surface area contributed by atoms with Gasteiger partial charge in [0.05, 0.1) is 29.8 Å². The maximum absolute atomic E-state index is 16.9. The number of benzene rings is 2. The van der Waals surface area contributed by atoms with E-state index in [4.69, 9.17) is 20.9 Å². The Hall–Kier alpha value is -4.11. The van der Waals surface area contributed by atoms with Crippen molar-refractivity contribution in [1.82, 2.24) is 19.9 Å². The van der Waals surface area contributed by atoms with Crippen molar-refractivity contribution in [2.45, 2.75) is 89.8 Å². The second kappa shape index (κ2) is 14.1. The van der Waals surface area contributed by atoms with Gasteiger partial charge in [-0.2, -0.15) is 9.97 Å². The van der Waals surface area contributed by atoms with Gasteiger partial charge in [-0.05, 0) is 82.0 Å². The molecular formula is C40H47F2N5O4. The fraction of sp³-hybridized carbons (Fsp3) is 0.525. The van der Waals surface area contributed by atoms with Gasteiger partial charge in [0.25, 0.3) is 0 Å². The average molecular weight is 700 g/mol. The van der Waals surface area contributed by atoms with Crippen LogP contribution in [-0.4, -0.2) is 87.2 Å². The lowest BCUT2D eigenvalue weighted by Crippen LogP contribution is -2.61. The number of terminal acetylenes is 1. The summed E-state index contributed by atoms with van der Waals surface area (Å²) in [7, 11) is 0. The topological polar surface area (TPSA) is 104 Å². The minimum atomic E-state index is -0.742. The van der Waals surface area contributed by atoms with E-state index in [2.05, 4.69) is 25.7 Å². The summed E-state index contributed by atoms with van der Waals surface area (Å²) in [6.45, 7) is 9.68. The molecule has 2 saturated carbocycles. The first kappa shape index (κ1) is 35.3. The SMILES string of the molecule is C#Cc1c(F)ccc2cc(O)cc(-c3ncc4c(N5CCCOCC5)nc(OCC56CCCC5N(C5CC(C)(O)C5)CCC6)nc4c3F)c12.CC. The van der Waals surface area contributed by atoms with Crippen LogP contribution in [0.25, 0.3) is 32.9 Å². The van der Waals surface area contributed by atoms with E-state index in [0.717, 1.165) is 57.9 Å². The molecule has 2 N–H and O–H groups in total.